The Kier molecular flexibility index (Phi) is 5.45. The quantitative estimate of drug-likeness (QED) is 0.587. The molecular formula is C17H11BrFNO2. The number of benzene rings is 2. The molecule has 3 nitrogen and oxygen atoms in total. The van der Waals surface area contributed by atoms with Gasteiger partial charge in [0.1, 0.15) is 17.6 Å². The van der Waals surface area contributed by atoms with Gasteiger partial charge in [0.15, 0.2) is 12.4 Å². The van der Waals surface area contributed by atoms with Crippen molar-refractivity contribution >= 4 is 27.8 Å². The number of halogens is 2. The molecule has 2 aromatic carbocycles. The summed E-state index contributed by atoms with van der Waals surface area (Å²) in [5, 5.41) is 8.42. The number of nitrogens with zero attached hydrogens (tertiary/aromatic N) is 1. The summed E-state index contributed by atoms with van der Waals surface area (Å²) in [7, 11) is 0. The van der Waals surface area contributed by atoms with Gasteiger partial charge in [-0.3, -0.25) is 4.79 Å². The predicted octanol–water partition coefficient (Wildman–Crippen LogP) is 4.39. The molecule has 0 aliphatic rings. The maximum absolute atomic E-state index is 13.6. The molecule has 5 heteroatoms. The van der Waals surface area contributed by atoms with Gasteiger partial charge in [-0.15, -0.1) is 0 Å². The molecule has 0 saturated carbocycles. The van der Waals surface area contributed by atoms with Crippen LogP contribution < -0.4 is 4.74 Å². The number of carbonyl (C=O) groups is 1. The summed E-state index contributed by atoms with van der Waals surface area (Å²) < 4.78 is 19.4. The summed E-state index contributed by atoms with van der Waals surface area (Å²) in [6, 6.07) is 12.8. The van der Waals surface area contributed by atoms with E-state index in [1.54, 1.807) is 36.4 Å². The zero-order valence-electron chi connectivity index (χ0n) is 11.4. The Balaban J connectivity index is 2.10. The second-order valence-corrected chi connectivity index (χ2v) is 5.25. The molecule has 0 amide bonds. The maximum atomic E-state index is 13.6. The van der Waals surface area contributed by atoms with Gasteiger partial charge >= 0.3 is 0 Å². The third-order valence-corrected chi connectivity index (χ3v) is 3.31. The van der Waals surface area contributed by atoms with E-state index in [4.69, 9.17) is 10.00 Å². The van der Waals surface area contributed by atoms with E-state index < -0.39 is 5.82 Å². The molecule has 0 aliphatic heterocycles. The van der Waals surface area contributed by atoms with E-state index in [-0.39, 0.29) is 12.4 Å². The van der Waals surface area contributed by atoms with E-state index in [1.165, 1.54) is 18.2 Å². The lowest BCUT2D eigenvalue weighted by atomic mass is 10.1. The smallest absolute Gasteiger partial charge is 0.185 e. The molecule has 0 bridgehead atoms. The molecule has 0 aromatic heterocycles. The highest BCUT2D eigenvalue weighted by Crippen LogP contribution is 2.18. The standard InChI is InChI=1S/C17H11BrFNO2/c18-14-4-7-16(19)13(11-14)3-8-17(21)12-1-5-15(6-2-12)22-10-9-20/h1-8,11H,10H2/b8-3+. The number of ether oxygens (including phenoxy) is 1. The molecule has 0 N–H and O–H groups in total. The van der Waals surface area contributed by atoms with Crippen LogP contribution in [0.3, 0.4) is 0 Å². The Morgan fingerprint density at radius 1 is 1.27 bits per heavy atom. The Morgan fingerprint density at radius 3 is 2.68 bits per heavy atom. The zero-order valence-corrected chi connectivity index (χ0v) is 13.0. The molecule has 0 spiro atoms. The first-order valence-electron chi connectivity index (χ1n) is 6.37. The molecule has 2 aromatic rings. The molecule has 0 unspecified atom stereocenters. The number of carbonyl (C=O) groups excluding carboxylic acids is 1. The zero-order chi connectivity index (χ0) is 15.9. The van der Waals surface area contributed by atoms with Crippen LogP contribution in [0.2, 0.25) is 0 Å². The highest BCUT2D eigenvalue weighted by molar-refractivity contribution is 9.10. The van der Waals surface area contributed by atoms with Crippen LogP contribution in [0.25, 0.3) is 6.08 Å². The van der Waals surface area contributed by atoms with Gasteiger partial charge in [-0.1, -0.05) is 15.9 Å². The van der Waals surface area contributed by atoms with Crippen molar-refractivity contribution in [2.24, 2.45) is 0 Å². The Labute approximate surface area is 135 Å². The molecule has 0 radical (unpaired) electrons. The van der Waals surface area contributed by atoms with Gasteiger partial charge in [0.05, 0.1) is 0 Å². The van der Waals surface area contributed by atoms with Gasteiger partial charge in [0, 0.05) is 15.6 Å². The fourth-order valence-electron chi connectivity index (χ4n) is 1.74. The largest absolute Gasteiger partial charge is 0.479 e. The van der Waals surface area contributed by atoms with Gasteiger partial charge in [0.25, 0.3) is 0 Å². The van der Waals surface area contributed by atoms with Gasteiger partial charge < -0.3 is 4.74 Å². The molecule has 110 valence electrons. The first-order valence-corrected chi connectivity index (χ1v) is 7.17. The van der Waals surface area contributed by atoms with Crippen LogP contribution in [0.15, 0.2) is 53.0 Å². The molecule has 22 heavy (non-hydrogen) atoms. The van der Waals surface area contributed by atoms with E-state index in [0.717, 1.165) is 4.47 Å². The number of hydrogen-bond acceptors (Lipinski definition) is 3. The van der Waals surface area contributed by atoms with Crippen LogP contribution in [0, 0.1) is 17.1 Å². The Hall–Kier alpha value is -2.45. The molecule has 0 aliphatic carbocycles. The molecule has 0 atom stereocenters. The number of hydrogen-bond donors (Lipinski definition) is 0. The molecular weight excluding hydrogens is 349 g/mol. The van der Waals surface area contributed by atoms with E-state index >= 15 is 0 Å². The first kappa shape index (κ1) is 15.9. The second-order valence-electron chi connectivity index (χ2n) is 4.33. The van der Waals surface area contributed by atoms with E-state index in [0.29, 0.717) is 16.9 Å². The summed E-state index contributed by atoms with van der Waals surface area (Å²) in [6.45, 7) is -0.0463. The number of nitriles is 1. The summed E-state index contributed by atoms with van der Waals surface area (Å²) >= 11 is 3.25. The third kappa shape index (κ3) is 4.27. The van der Waals surface area contributed by atoms with E-state index in [1.807, 2.05) is 6.07 Å². The lowest BCUT2D eigenvalue weighted by Crippen LogP contribution is -1.96. The molecule has 0 heterocycles. The molecule has 0 saturated heterocycles. The SMILES string of the molecule is N#CCOc1ccc(C(=O)/C=C/c2cc(Br)ccc2F)cc1. The summed E-state index contributed by atoms with van der Waals surface area (Å²) in [4.78, 5) is 12.0. The van der Waals surface area contributed by atoms with Crippen molar-refractivity contribution in [2.75, 3.05) is 6.61 Å². The van der Waals surface area contributed by atoms with Crippen LogP contribution in [0.4, 0.5) is 4.39 Å². The van der Waals surface area contributed by atoms with E-state index in [2.05, 4.69) is 15.9 Å². The van der Waals surface area contributed by atoms with Crippen molar-refractivity contribution < 1.29 is 13.9 Å². The predicted molar refractivity (Wildman–Crippen MR) is 85.0 cm³/mol. The third-order valence-electron chi connectivity index (χ3n) is 2.81. The normalized spacial score (nSPS) is 10.4. The highest BCUT2D eigenvalue weighted by atomic mass is 79.9. The van der Waals surface area contributed by atoms with E-state index in [9.17, 15) is 9.18 Å². The van der Waals surface area contributed by atoms with Gasteiger partial charge in [0.2, 0.25) is 0 Å². The minimum Gasteiger partial charge on any atom is -0.479 e. The number of rotatable bonds is 5. The lowest BCUT2D eigenvalue weighted by molar-refractivity contribution is 0.104. The van der Waals surface area contributed by atoms with Crippen LogP contribution in [0.1, 0.15) is 15.9 Å². The minimum atomic E-state index is -0.396. The van der Waals surface area contributed by atoms with Crippen LogP contribution in [-0.2, 0) is 0 Å². The molecule has 2 rings (SSSR count). The van der Waals surface area contributed by atoms with Gasteiger partial charge in [-0.2, -0.15) is 5.26 Å². The minimum absolute atomic E-state index is 0.0463. The lowest BCUT2D eigenvalue weighted by Gasteiger charge is -2.02. The van der Waals surface area contributed by atoms with Crippen molar-refractivity contribution in [2.45, 2.75) is 0 Å². The maximum Gasteiger partial charge on any atom is 0.185 e. The average molecular weight is 360 g/mol. The monoisotopic (exact) mass is 359 g/mol. The van der Waals surface area contributed by atoms with Crippen LogP contribution in [-0.4, -0.2) is 12.4 Å². The van der Waals surface area contributed by atoms with Crippen molar-refractivity contribution in [3.8, 4) is 11.8 Å². The summed E-state index contributed by atoms with van der Waals surface area (Å²) in [5.74, 6) is -0.126. The number of ketones is 1. The second kappa shape index (κ2) is 7.53. The topological polar surface area (TPSA) is 50.1 Å². The summed E-state index contributed by atoms with van der Waals surface area (Å²) in [5.41, 5.74) is 0.785. The van der Waals surface area contributed by atoms with Crippen molar-refractivity contribution in [1.82, 2.24) is 0 Å². The van der Waals surface area contributed by atoms with Crippen molar-refractivity contribution in [3.05, 3.63) is 70.0 Å². The molecule has 0 fully saturated rings. The van der Waals surface area contributed by atoms with Gasteiger partial charge in [-0.05, 0) is 54.6 Å². The van der Waals surface area contributed by atoms with Gasteiger partial charge in [-0.25, -0.2) is 4.39 Å². The Morgan fingerprint density at radius 2 is 2.00 bits per heavy atom. The Bertz CT molecular complexity index is 748. The van der Waals surface area contributed by atoms with Crippen molar-refractivity contribution in [1.29, 1.82) is 5.26 Å². The fraction of sp³-hybridized carbons (Fsp3) is 0.0588. The first-order chi connectivity index (χ1) is 10.6. The van der Waals surface area contributed by atoms with Crippen LogP contribution >= 0.6 is 15.9 Å². The van der Waals surface area contributed by atoms with Crippen molar-refractivity contribution in [3.63, 3.8) is 0 Å². The summed E-state index contributed by atoms with van der Waals surface area (Å²) in [6.07, 6.45) is 2.75. The highest BCUT2D eigenvalue weighted by Gasteiger charge is 2.04. The van der Waals surface area contributed by atoms with Crippen LogP contribution in [0.5, 0.6) is 5.75 Å². The fourth-order valence-corrected chi connectivity index (χ4v) is 2.11. The number of allylic oxidation sites excluding steroid dienone is 1. The average Bonchev–Trinajstić information content (AvgIpc) is 2.54.